The number of halogens is 1. The summed E-state index contributed by atoms with van der Waals surface area (Å²) >= 11 is 0. The summed E-state index contributed by atoms with van der Waals surface area (Å²) in [6, 6.07) is 5.18. The molecule has 0 fully saturated rings. The number of hydrogen-bond acceptors (Lipinski definition) is 2. The fraction of sp³-hybridized carbons (Fsp3) is 0.400. The van der Waals surface area contributed by atoms with Gasteiger partial charge in [0.1, 0.15) is 5.82 Å². The molecule has 0 saturated heterocycles. The van der Waals surface area contributed by atoms with Crippen molar-refractivity contribution in [2.24, 2.45) is 0 Å². The first kappa shape index (κ1) is 8.51. The van der Waals surface area contributed by atoms with Gasteiger partial charge in [0.05, 0.1) is 0 Å². The molecule has 1 aromatic carbocycles. The van der Waals surface area contributed by atoms with Crippen LogP contribution in [0.1, 0.15) is 5.56 Å². The van der Waals surface area contributed by atoms with Gasteiger partial charge in [0.25, 0.3) is 0 Å². The summed E-state index contributed by atoms with van der Waals surface area (Å²) in [6.07, 6.45) is 0. The van der Waals surface area contributed by atoms with Gasteiger partial charge in [-0.05, 0) is 19.2 Å². The zero-order valence-electron chi connectivity index (χ0n) is 7.68. The maximum atomic E-state index is 13.4. The molecular formula is C10H13FN2. The summed E-state index contributed by atoms with van der Waals surface area (Å²) in [5.41, 5.74) is 1.71. The van der Waals surface area contributed by atoms with Gasteiger partial charge in [0, 0.05) is 30.9 Å². The van der Waals surface area contributed by atoms with Crippen LogP contribution in [0.15, 0.2) is 18.2 Å². The predicted molar refractivity (Wildman–Crippen MR) is 51.2 cm³/mol. The Morgan fingerprint density at radius 2 is 2.31 bits per heavy atom. The van der Waals surface area contributed by atoms with E-state index in [0.717, 1.165) is 24.3 Å². The molecule has 1 aromatic rings. The van der Waals surface area contributed by atoms with Crippen molar-refractivity contribution < 1.29 is 4.39 Å². The quantitative estimate of drug-likeness (QED) is 0.653. The first-order valence-electron chi connectivity index (χ1n) is 4.47. The predicted octanol–water partition coefficient (Wildman–Crippen LogP) is 1.68. The van der Waals surface area contributed by atoms with Crippen LogP contribution in [-0.2, 0) is 6.54 Å². The molecule has 2 rings (SSSR count). The summed E-state index contributed by atoms with van der Waals surface area (Å²) in [5, 5.41) is 3.21. The number of anilines is 1. The van der Waals surface area contributed by atoms with Crippen LogP contribution in [0.25, 0.3) is 0 Å². The van der Waals surface area contributed by atoms with Crippen LogP contribution < -0.4 is 5.32 Å². The number of nitrogens with one attached hydrogen (secondary N) is 1. The molecule has 0 amide bonds. The molecule has 1 N–H and O–H groups in total. The van der Waals surface area contributed by atoms with E-state index in [2.05, 4.69) is 10.2 Å². The van der Waals surface area contributed by atoms with Crippen LogP contribution >= 0.6 is 0 Å². The van der Waals surface area contributed by atoms with Gasteiger partial charge in [-0.2, -0.15) is 0 Å². The van der Waals surface area contributed by atoms with Crippen molar-refractivity contribution >= 4 is 5.69 Å². The normalized spacial score (nSPS) is 17.4. The number of benzene rings is 1. The van der Waals surface area contributed by atoms with E-state index >= 15 is 0 Å². The van der Waals surface area contributed by atoms with Crippen molar-refractivity contribution in [2.45, 2.75) is 6.54 Å². The van der Waals surface area contributed by atoms with Crippen LogP contribution in [0.4, 0.5) is 10.1 Å². The Balaban J connectivity index is 2.40. The fourth-order valence-corrected chi connectivity index (χ4v) is 1.62. The molecule has 0 unspecified atom stereocenters. The monoisotopic (exact) mass is 180 g/mol. The van der Waals surface area contributed by atoms with Crippen molar-refractivity contribution in [3.05, 3.63) is 29.6 Å². The average molecular weight is 180 g/mol. The van der Waals surface area contributed by atoms with Gasteiger partial charge in [-0.3, -0.25) is 0 Å². The molecule has 2 nitrogen and oxygen atoms in total. The molecule has 0 saturated carbocycles. The summed E-state index contributed by atoms with van der Waals surface area (Å²) in [6.45, 7) is 2.52. The first-order chi connectivity index (χ1) is 6.27. The van der Waals surface area contributed by atoms with E-state index < -0.39 is 0 Å². The Labute approximate surface area is 77.4 Å². The van der Waals surface area contributed by atoms with Crippen LogP contribution in [0, 0.1) is 5.82 Å². The molecule has 3 heteroatoms. The largest absolute Gasteiger partial charge is 0.383 e. The van der Waals surface area contributed by atoms with Gasteiger partial charge in [-0.25, -0.2) is 4.39 Å². The van der Waals surface area contributed by atoms with Crippen molar-refractivity contribution in [1.29, 1.82) is 0 Å². The van der Waals surface area contributed by atoms with Crippen LogP contribution in [0.5, 0.6) is 0 Å². The molecule has 0 atom stereocenters. The Kier molecular flexibility index (Phi) is 2.19. The van der Waals surface area contributed by atoms with Crippen LogP contribution in [0.3, 0.4) is 0 Å². The average Bonchev–Trinajstić information content (AvgIpc) is 2.28. The molecule has 0 radical (unpaired) electrons. The maximum absolute atomic E-state index is 13.4. The first-order valence-corrected chi connectivity index (χ1v) is 4.47. The van der Waals surface area contributed by atoms with Crippen LogP contribution in [0.2, 0.25) is 0 Å². The molecule has 0 bridgehead atoms. The lowest BCUT2D eigenvalue weighted by molar-refractivity contribution is 0.340. The third kappa shape index (κ3) is 1.65. The molecule has 1 aliphatic rings. The molecule has 70 valence electrons. The van der Waals surface area contributed by atoms with Gasteiger partial charge in [0.2, 0.25) is 0 Å². The van der Waals surface area contributed by atoms with Gasteiger partial charge < -0.3 is 10.2 Å². The highest BCUT2D eigenvalue weighted by Gasteiger charge is 2.13. The van der Waals surface area contributed by atoms with Crippen molar-refractivity contribution in [2.75, 3.05) is 25.5 Å². The van der Waals surface area contributed by atoms with E-state index in [4.69, 9.17) is 0 Å². The minimum atomic E-state index is -0.112. The summed E-state index contributed by atoms with van der Waals surface area (Å²) in [5.74, 6) is -0.112. The number of rotatable bonds is 0. The minimum Gasteiger partial charge on any atom is -0.383 e. The molecule has 0 spiro atoms. The molecule has 0 aliphatic carbocycles. The highest BCUT2D eigenvalue weighted by molar-refractivity contribution is 5.52. The number of fused-ring (bicyclic) bond motifs is 1. The molecule has 0 aromatic heterocycles. The number of hydrogen-bond donors (Lipinski definition) is 1. The zero-order valence-corrected chi connectivity index (χ0v) is 7.68. The third-order valence-electron chi connectivity index (χ3n) is 2.36. The van der Waals surface area contributed by atoms with E-state index in [1.807, 2.05) is 13.1 Å². The lowest BCUT2D eigenvalue weighted by Gasteiger charge is -2.12. The minimum absolute atomic E-state index is 0.112. The smallest absolute Gasteiger partial charge is 0.129 e. The third-order valence-corrected chi connectivity index (χ3v) is 2.36. The lowest BCUT2D eigenvalue weighted by Crippen LogP contribution is -2.21. The molecule has 13 heavy (non-hydrogen) atoms. The van der Waals surface area contributed by atoms with Crippen molar-refractivity contribution in [3.8, 4) is 0 Å². The fourth-order valence-electron chi connectivity index (χ4n) is 1.62. The summed E-state index contributed by atoms with van der Waals surface area (Å²) < 4.78 is 13.4. The summed E-state index contributed by atoms with van der Waals surface area (Å²) in [7, 11) is 2.00. The highest BCUT2D eigenvalue weighted by atomic mass is 19.1. The lowest BCUT2D eigenvalue weighted by atomic mass is 10.1. The Morgan fingerprint density at radius 3 is 3.15 bits per heavy atom. The second-order valence-electron chi connectivity index (χ2n) is 3.43. The number of nitrogens with zero attached hydrogens (tertiary/aromatic N) is 1. The van der Waals surface area contributed by atoms with Crippen LogP contribution in [-0.4, -0.2) is 25.0 Å². The molecule has 1 heterocycles. The zero-order chi connectivity index (χ0) is 9.26. The number of likely N-dealkylation sites (N-methyl/N-ethyl adjacent to an activating group) is 1. The van der Waals surface area contributed by atoms with E-state index in [0.29, 0.717) is 6.54 Å². The van der Waals surface area contributed by atoms with Gasteiger partial charge in [-0.1, -0.05) is 6.07 Å². The van der Waals surface area contributed by atoms with Gasteiger partial charge in [0.15, 0.2) is 0 Å². The highest BCUT2D eigenvalue weighted by Crippen LogP contribution is 2.21. The molecular weight excluding hydrogens is 167 g/mol. The van der Waals surface area contributed by atoms with Crippen molar-refractivity contribution in [1.82, 2.24) is 4.90 Å². The van der Waals surface area contributed by atoms with E-state index in [1.165, 1.54) is 6.07 Å². The van der Waals surface area contributed by atoms with E-state index in [1.54, 1.807) is 6.07 Å². The maximum Gasteiger partial charge on any atom is 0.129 e. The topological polar surface area (TPSA) is 15.3 Å². The van der Waals surface area contributed by atoms with Gasteiger partial charge in [-0.15, -0.1) is 0 Å². The van der Waals surface area contributed by atoms with E-state index in [9.17, 15) is 4.39 Å². The van der Waals surface area contributed by atoms with Crippen molar-refractivity contribution in [3.63, 3.8) is 0 Å². The Bertz CT molecular complexity index is 312. The second-order valence-corrected chi connectivity index (χ2v) is 3.43. The SMILES string of the molecule is CN1CCNc2cccc(F)c2C1. The Hall–Kier alpha value is -1.09. The standard InChI is InChI=1S/C10H13FN2/c1-13-6-5-12-10-4-2-3-9(11)8(10)7-13/h2-4,12H,5-7H2,1H3. The molecule has 1 aliphatic heterocycles. The Morgan fingerprint density at radius 1 is 1.46 bits per heavy atom. The second kappa shape index (κ2) is 3.34. The summed E-state index contributed by atoms with van der Waals surface area (Å²) in [4.78, 5) is 2.11. The van der Waals surface area contributed by atoms with Gasteiger partial charge >= 0.3 is 0 Å². The van der Waals surface area contributed by atoms with E-state index in [-0.39, 0.29) is 5.82 Å².